The van der Waals surface area contributed by atoms with E-state index < -0.39 is 6.04 Å². The average Bonchev–Trinajstić information content (AvgIpc) is 2.53. The second-order valence-corrected chi connectivity index (χ2v) is 5.73. The third-order valence-electron chi connectivity index (χ3n) is 3.83. The number of carbonyl (C=O) groups is 3. The first-order valence-electron chi connectivity index (χ1n) is 7.37. The van der Waals surface area contributed by atoms with Crippen LogP contribution in [-0.4, -0.2) is 82.2 Å². The molecule has 1 fully saturated rings. The van der Waals surface area contributed by atoms with Crippen LogP contribution in [0.2, 0.25) is 0 Å². The molecule has 124 valence electrons. The summed E-state index contributed by atoms with van der Waals surface area (Å²) in [5.74, 6) is -0.0119. The largest absolute Gasteiger partial charge is 0.347 e. The smallest absolute Gasteiger partial charge is 0.257 e. The molecule has 0 bridgehead atoms. The fraction of sp³-hybridized carbons (Fsp3) is 0.533. The molecule has 0 aliphatic carbocycles. The van der Waals surface area contributed by atoms with Gasteiger partial charge in [-0.3, -0.25) is 14.4 Å². The van der Waals surface area contributed by atoms with Gasteiger partial charge in [0.1, 0.15) is 11.9 Å². The molecule has 0 saturated carbocycles. The van der Waals surface area contributed by atoms with Crippen LogP contribution in [0.4, 0.5) is 0 Å². The molecule has 1 aromatic rings. The number of amides is 3. The number of hydrogen-bond donors (Lipinski definition) is 0. The lowest BCUT2D eigenvalue weighted by atomic mass is 10.1. The topological polar surface area (TPSA) is 86.7 Å². The Labute approximate surface area is 135 Å². The van der Waals surface area contributed by atoms with Crippen LogP contribution in [0.15, 0.2) is 12.4 Å². The van der Waals surface area contributed by atoms with Crippen LogP contribution in [0, 0.1) is 6.92 Å². The van der Waals surface area contributed by atoms with Crippen molar-refractivity contribution in [3.8, 4) is 0 Å². The van der Waals surface area contributed by atoms with Gasteiger partial charge in [0.2, 0.25) is 11.8 Å². The molecule has 2 rings (SSSR count). The Hall–Kier alpha value is -2.51. The number of likely N-dealkylation sites (N-methyl/N-ethyl adjacent to an activating group) is 1. The lowest BCUT2D eigenvalue weighted by Crippen LogP contribution is -2.61. The van der Waals surface area contributed by atoms with Crippen LogP contribution in [-0.2, 0) is 9.59 Å². The molecule has 3 amide bonds. The van der Waals surface area contributed by atoms with Gasteiger partial charge < -0.3 is 14.7 Å². The summed E-state index contributed by atoms with van der Waals surface area (Å²) in [6.07, 6.45) is 2.95. The SMILES string of the molecule is CC(=O)N1CCN(C(=O)c2cnc(C)nc2)C[C@H]1C(=O)N(C)C. The van der Waals surface area contributed by atoms with Gasteiger partial charge in [-0.1, -0.05) is 0 Å². The summed E-state index contributed by atoms with van der Waals surface area (Å²) >= 11 is 0. The van der Waals surface area contributed by atoms with Gasteiger partial charge in [-0.15, -0.1) is 0 Å². The van der Waals surface area contributed by atoms with Crippen LogP contribution in [0.25, 0.3) is 0 Å². The highest BCUT2D eigenvalue weighted by atomic mass is 16.2. The molecule has 1 saturated heterocycles. The monoisotopic (exact) mass is 319 g/mol. The van der Waals surface area contributed by atoms with Crippen molar-refractivity contribution < 1.29 is 14.4 Å². The zero-order valence-electron chi connectivity index (χ0n) is 13.8. The maximum absolute atomic E-state index is 12.5. The van der Waals surface area contributed by atoms with Crippen molar-refractivity contribution in [3.63, 3.8) is 0 Å². The molecule has 1 aromatic heterocycles. The van der Waals surface area contributed by atoms with Gasteiger partial charge in [0.25, 0.3) is 5.91 Å². The number of aryl methyl sites for hydroxylation is 1. The number of rotatable bonds is 2. The van der Waals surface area contributed by atoms with Crippen LogP contribution < -0.4 is 0 Å². The molecule has 23 heavy (non-hydrogen) atoms. The van der Waals surface area contributed by atoms with Gasteiger partial charge >= 0.3 is 0 Å². The lowest BCUT2D eigenvalue weighted by molar-refractivity contribution is -0.146. The maximum Gasteiger partial charge on any atom is 0.257 e. The average molecular weight is 319 g/mol. The van der Waals surface area contributed by atoms with E-state index in [1.807, 2.05) is 0 Å². The van der Waals surface area contributed by atoms with E-state index in [-0.39, 0.29) is 24.3 Å². The van der Waals surface area contributed by atoms with Crippen molar-refractivity contribution in [1.29, 1.82) is 0 Å². The van der Waals surface area contributed by atoms with E-state index in [1.165, 1.54) is 29.1 Å². The molecule has 8 heteroatoms. The van der Waals surface area contributed by atoms with Crippen LogP contribution in [0.1, 0.15) is 23.1 Å². The summed E-state index contributed by atoms with van der Waals surface area (Å²) < 4.78 is 0. The second-order valence-electron chi connectivity index (χ2n) is 5.73. The molecule has 0 spiro atoms. The fourth-order valence-electron chi connectivity index (χ4n) is 2.54. The lowest BCUT2D eigenvalue weighted by Gasteiger charge is -2.40. The molecule has 1 aliphatic heterocycles. The highest BCUT2D eigenvalue weighted by Gasteiger charge is 2.36. The molecule has 0 radical (unpaired) electrons. The highest BCUT2D eigenvalue weighted by molar-refractivity contribution is 5.95. The summed E-state index contributed by atoms with van der Waals surface area (Å²) in [6.45, 7) is 4.05. The van der Waals surface area contributed by atoms with E-state index in [4.69, 9.17) is 0 Å². The van der Waals surface area contributed by atoms with Gasteiger partial charge in [0, 0.05) is 46.5 Å². The van der Waals surface area contributed by atoms with Crippen molar-refractivity contribution in [1.82, 2.24) is 24.7 Å². The first-order valence-corrected chi connectivity index (χ1v) is 7.37. The second kappa shape index (κ2) is 6.72. The Morgan fingerprint density at radius 3 is 2.30 bits per heavy atom. The number of carbonyl (C=O) groups excluding carboxylic acids is 3. The predicted molar refractivity (Wildman–Crippen MR) is 82.5 cm³/mol. The summed E-state index contributed by atoms with van der Waals surface area (Å²) in [4.78, 5) is 49.2. The number of aromatic nitrogens is 2. The van der Waals surface area contributed by atoms with Crippen LogP contribution in [0.3, 0.4) is 0 Å². The van der Waals surface area contributed by atoms with E-state index >= 15 is 0 Å². The molecular weight excluding hydrogens is 298 g/mol. The first-order chi connectivity index (χ1) is 10.8. The zero-order valence-corrected chi connectivity index (χ0v) is 13.8. The van der Waals surface area contributed by atoms with E-state index in [1.54, 1.807) is 25.9 Å². The van der Waals surface area contributed by atoms with Crippen molar-refractivity contribution in [2.24, 2.45) is 0 Å². The number of piperazine rings is 1. The minimum Gasteiger partial charge on any atom is -0.347 e. The van der Waals surface area contributed by atoms with Gasteiger partial charge in [0.15, 0.2) is 0 Å². The summed E-state index contributed by atoms with van der Waals surface area (Å²) in [5.41, 5.74) is 0.378. The van der Waals surface area contributed by atoms with Crippen molar-refractivity contribution >= 4 is 17.7 Å². The fourth-order valence-corrected chi connectivity index (χ4v) is 2.54. The number of nitrogens with zero attached hydrogens (tertiary/aromatic N) is 5. The number of hydrogen-bond acceptors (Lipinski definition) is 5. The third kappa shape index (κ3) is 3.64. The van der Waals surface area contributed by atoms with Gasteiger partial charge in [-0.2, -0.15) is 0 Å². The molecule has 1 aliphatic rings. The van der Waals surface area contributed by atoms with E-state index in [0.29, 0.717) is 24.5 Å². The minimum atomic E-state index is -0.661. The summed E-state index contributed by atoms with van der Waals surface area (Å²) in [5, 5.41) is 0. The molecular formula is C15H21N5O3. The Bertz CT molecular complexity index is 614. The maximum atomic E-state index is 12.5. The summed E-state index contributed by atoms with van der Waals surface area (Å²) in [7, 11) is 3.27. The van der Waals surface area contributed by atoms with Crippen LogP contribution in [0.5, 0.6) is 0 Å². The van der Waals surface area contributed by atoms with Gasteiger partial charge in [-0.25, -0.2) is 9.97 Å². The Kier molecular flexibility index (Phi) is 4.92. The molecule has 8 nitrogen and oxygen atoms in total. The third-order valence-corrected chi connectivity index (χ3v) is 3.83. The van der Waals surface area contributed by atoms with Gasteiger partial charge in [-0.05, 0) is 6.92 Å². The van der Waals surface area contributed by atoms with Crippen molar-refractivity contribution in [2.75, 3.05) is 33.7 Å². The highest BCUT2D eigenvalue weighted by Crippen LogP contribution is 2.15. The van der Waals surface area contributed by atoms with E-state index in [2.05, 4.69) is 9.97 Å². The normalized spacial score (nSPS) is 17.8. The van der Waals surface area contributed by atoms with Crippen LogP contribution >= 0.6 is 0 Å². The predicted octanol–water partition coefficient (Wildman–Crippen LogP) is -0.454. The summed E-state index contributed by atoms with van der Waals surface area (Å²) in [6, 6.07) is -0.661. The molecule has 2 heterocycles. The standard InChI is InChI=1S/C15H21N5O3/c1-10-16-7-12(8-17-10)14(22)19-5-6-20(11(2)21)13(9-19)15(23)18(3)4/h7-8,13H,5-6,9H2,1-4H3/t13-/m0/s1. The zero-order chi connectivity index (χ0) is 17.1. The Morgan fingerprint density at radius 2 is 1.78 bits per heavy atom. The first kappa shape index (κ1) is 16.9. The Balaban J connectivity index is 2.19. The minimum absolute atomic E-state index is 0.170. The molecule has 0 unspecified atom stereocenters. The Morgan fingerprint density at radius 1 is 1.17 bits per heavy atom. The molecule has 0 N–H and O–H groups in total. The van der Waals surface area contributed by atoms with Crippen molar-refractivity contribution in [3.05, 3.63) is 23.8 Å². The van der Waals surface area contributed by atoms with E-state index in [9.17, 15) is 14.4 Å². The van der Waals surface area contributed by atoms with Gasteiger partial charge in [0.05, 0.1) is 12.1 Å². The molecule has 1 atom stereocenters. The van der Waals surface area contributed by atoms with E-state index in [0.717, 1.165) is 0 Å². The van der Waals surface area contributed by atoms with Crippen molar-refractivity contribution in [2.45, 2.75) is 19.9 Å². The quantitative estimate of drug-likeness (QED) is 0.736. The molecule has 0 aromatic carbocycles.